The molecule has 0 amide bonds. The van der Waals surface area contributed by atoms with Gasteiger partial charge in [-0.15, -0.1) is 0 Å². The Balaban J connectivity index is 1.72. The Bertz CT molecular complexity index is 826. The number of benzene rings is 2. The SMILES string of the molecule is COC(=O)c1ccc([C@H]2Nc3c(OC)cccc3C3C=CCC32)cc1. The summed E-state index contributed by atoms with van der Waals surface area (Å²) in [5, 5.41) is 3.69. The highest BCUT2D eigenvalue weighted by Gasteiger charge is 2.38. The van der Waals surface area contributed by atoms with Gasteiger partial charge in [-0.2, -0.15) is 0 Å². The van der Waals surface area contributed by atoms with Crippen LogP contribution in [-0.4, -0.2) is 20.2 Å². The number of para-hydroxylation sites is 1. The summed E-state index contributed by atoms with van der Waals surface area (Å²) in [7, 11) is 3.10. The first-order chi connectivity index (χ1) is 12.2. The van der Waals surface area contributed by atoms with E-state index in [-0.39, 0.29) is 12.0 Å². The molecule has 4 nitrogen and oxygen atoms in total. The van der Waals surface area contributed by atoms with Crippen LogP contribution >= 0.6 is 0 Å². The van der Waals surface area contributed by atoms with E-state index in [4.69, 9.17) is 9.47 Å². The number of fused-ring (bicyclic) bond motifs is 3. The molecule has 2 aromatic rings. The average Bonchev–Trinajstić information content (AvgIpc) is 3.16. The molecule has 2 aromatic carbocycles. The highest BCUT2D eigenvalue weighted by atomic mass is 16.5. The first-order valence-corrected chi connectivity index (χ1v) is 8.51. The fourth-order valence-corrected chi connectivity index (χ4v) is 4.04. The van der Waals surface area contributed by atoms with Gasteiger partial charge in [0.25, 0.3) is 0 Å². The third-order valence-corrected chi connectivity index (χ3v) is 5.27. The predicted molar refractivity (Wildman–Crippen MR) is 97.1 cm³/mol. The van der Waals surface area contributed by atoms with E-state index in [1.807, 2.05) is 36.4 Å². The summed E-state index contributed by atoms with van der Waals surface area (Å²) < 4.78 is 10.3. The molecule has 2 aliphatic rings. The van der Waals surface area contributed by atoms with E-state index in [9.17, 15) is 4.79 Å². The summed E-state index contributed by atoms with van der Waals surface area (Å²) in [6.45, 7) is 0. The third kappa shape index (κ3) is 2.58. The zero-order valence-electron chi connectivity index (χ0n) is 14.4. The highest BCUT2D eigenvalue weighted by molar-refractivity contribution is 5.89. The minimum atomic E-state index is -0.310. The van der Waals surface area contributed by atoms with E-state index in [1.54, 1.807) is 7.11 Å². The monoisotopic (exact) mass is 335 g/mol. The average molecular weight is 335 g/mol. The maximum atomic E-state index is 11.7. The number of hydrogen-bond acceptors (Lipinski definition) is 4. The Kier molecular flexibility index (Phi) is 3.96. The molecule has 1 aliphatic carbocycles. The first-order valence-electron chi connectivity index (χ1n) is 8.51. The molecule has 1 aliphatic heterocycles. The van der Waals surface area contributed by atoms with Gasteiger partial charge in [0.15, 0.2) is 0 Å². The molecule has 128 valence electrons. The van der Waals surface area contributed by atoms with Crippen molar-refractivity contribution >= 4 is 11.7 Å². The molecule has 3 atom stereocenters. The summed E-state index contributed by atoms with van der Waals surface area (Å²) in [5.74, 6) is 1.41. The van der Waals surface area contributed by atoms with Crippen molar-refractivity contribution in [3.63, 3.8) is 0 Å². The van der Waals surface area contributed by atoms with E-state index in [2.05, 4.69) is 23.5 Å². The lowest BCUT2D eigenvalue weighted by Crippen LogP contribution is -2.29. The minimum Gasteiger partial charge on any atom is -0.495 e. The molecule has 4 heteroatoms. The number of carbonyl (C=O) groups is 1. The van der Waals surface area contributed by atoms with Gasteiger partial charge < -0.3 is 14.8 Å². The molecule has 0 aromatic heterocycles. The second kappa shape index (κ2) is 6.28. The van der Waals surface area contributed by atoms with Crippen molar-refractivity contribution < 1.29 is 14.3 Å². The summed E-state index contributed by atoms with van der Waals surface area (Å²) >= 11 is 0. The Hall–Kier alpha value is -2.75. The van der Waals surface area contributed by atoms with Gasteiger partial charge in [-0.1, -0.05) is 36.4 Å². The van der Waals surface area contributed by atoms with Crippen LogP contribution in [0.3, 0.4) is 0 Å². The zero-order chi connectivity index (χ0) is 17.4. The maximum Gasteiger partial charge on any atom is 0.337 e. The van der Waals surface area contributed by atoms with Crippen LogP contribution in [0.15, 0.2) is 54.6 Å². The second-order valence-corrected chi connectivity index (χ2v) is 6.51. The molecular weight excluding hydrogens is 314 g/mol. The van der Waals surface area contributed by atoms with Crippen molar-refractivity contribution in [3.8, 4) is 5.75 Å². The number of rotatable bonds is 3. The molecule has 25 heavy (non-hydrogen) atoms. The van der Waals surface area contributed by atoms with Crippen LogP contribution in [0.2, 0.25) is 0 Å². The number of nitrogens with one attached hydrogen (secondary N) is 1. The number of esters is 1. The second-order valence-electron chi connectivity index (χ2n) is 6.51. The van der Waals surface area contributed by atoms with Crippen LogP contribution in [0.1, 0.15) is 39.9 Å². The minimum absolute atomic E-state index is 0.176. The van der Waals surface area contributed by atoms with Crippen LogP contribution in [-0.2, 0) is 4.74 Å². The molecule has 0 bridgehead atoms. The summed E-state index contributed by atoms with van der Waals surface area (Å²) in [6, 6.07) is 14.1. The normalized spacial score (nSPS) is 23.4. The maximum absolute atomic E-state index is 11.7. The van der Waals surface area contributed by atoms with E-state index in [0.717, 1.165) is 17.9 Å². The quantitative estimate of drug-likeness (QED) is 0.671. The fourth-order valence-electron chi connectivity index (χ4n) is 4.04. The molecule has 0 saturated carbocycles. The molecule has 1 N–H and O–H groups in total. The summed E-state index contributed by atoms with van der Waals surface area (Å²) in [4.78, 5) is 11.7. The molecule has 4 rings (SSSR count). The number of ether oxygens (including phenoxy) is 2. The molecule has 0 radical (unpaired) electrons. The molecule has 1 heterocycles. The van der Waals surface area contributed by atoms with Gasteiger partial charge in [-0.25, -0.2) is 4.79 Å². The largest absolute Gasteiger partial charge is 0.495 e. The lowest BCUT2D eigenvalue weighted by Gasteiger charge is -2.38. The highest BCUT2D eigenvalue weighted by Crippen LogP contribution is 2.52. The van der Waals surface area contributed by atoms with E-state index >= 15 is 0 Å². The van der Waals surface area contributed by atoms with Crippen LogP contribution in [0.25, 0.3) is 0 Å². The van der Waals surface area contributed by atoms with Gasteiger partial charge in [-0.3, -0.25) is 0 Å². The number of allylic oxidation sites excluding steroid dienone is 2. The molecular formula is C21H21NO3. The Morgan fingerprint density at radius 1 is 1.12 bits per heavy atom. The van der Waals surface area contributed by atoms with Crippen molar-refractivity contribution in [1.82, 2.24) is 0 Å². The molecule has 0 fully saturated rings. The van der Waals surface area contributed by atoms with E-state index < -0.39 is 0 Å². The van der Waals surface area contributed by atoms with E-state index in [1.165, 1.54) is 18.2 Å². The van der Waals surface area contributed by atoms with Gasteiger partial charge in [0, 0.05) is 5.92 Å². The van der Waals surface area contributed by atoms with Crippen LogP contribution in [0.4, 0.5) is 5.69 Å². The van der Waals surface area contributed by atoms with Crippen LogP contribution in [0.5, 0.6) is 5.75 Å². The summed E-state index contributed by atoms with van der Waals surface area (Å²) in [5.41, 5.74) is 4.10. The van der Waals surface area contributed by atoms with Crippen molar-refractivity contribution in [2.24, 2.45) is 5.92 Å². The molecule has 0 spiro atoms. The van der Waals surface area contributed by atoms with Crippen molar-refractivity contribution in [1.29, 1.82) is 0 Å². The van der Waals surface area contributed by atoms with Crippen molar-refractivity contribution in [2.45, 2.75) is 18.4 Å². The van der Waals surface area contributed by atoms with Gasteiger partial charge in [0.05, 0.1) is 31.5 Å². The number of anilines is 1. The topological polar surface area (TPSA) is 47.6 Å². The van der Waals surface area contributed by atoms with E-state index in [0.29, 0.717) is 17.4 Å². The third-order valence-electron chi connectivity index (χ3n) is 5.27. The lowest BCUT2D eigenvalue weighted by molar-refractivity contribution is 0.0600. The lowest BCUT2D eigenvalue weighted by atomic mass is 9.77. The van der Waals surface area contributed by atoms with Gasteiger partial charge >= 0.3 is 5.97 Å². The Morgan fingerprint density at radius 2 is 1.92 bits per heavy atom. The zero-order valence-corrected chi connectivity index (χ0v) is 14.4. The standard InChI is InChI=1S/C21H21NO3/c1-24-18-8-4-7-17-15-5-3-6-16(15)19(22-20(17)18)13-9-11-14(12-10-13)21(23)25-2/h3-5,7-12,15-16,19,22H,6H2,1-2H3/t15?,16?,19-/m1/s1. The van der Waals surface area contributed by atoms with Gasteiger partial charge in [0.1, 0.15) is 5.75 Å². The van der Waals surface area contributed by atoms with Crippen molar-refractivity contribution in [2.75, 3.05) is 19.5 Å². The number of methoxy groups -OCH3 is 2. The van der Waals surface area contributed by atoms with Gasteiger partial charge in [-0.05, 0) is 41.7 Å². The predicted octanol–water partition coefficient (Wildman–Crippen LogP) is 4.31. The Morgan fingerprint density at radius 3 is 2.64 bits per heavy atom. The van der Waals surface area contributed by atoms with Crippen LogP contribution < -0.4 is 10.1 Å². The Labute approximate surface area is 147 Å². The molecule has 2 unspecified atom stereocenters. The smallest absolute Gasteiger partial charge is 0.337 e. The first kappa shape index (κ1) is 15.8. The van der Waals surface area contributed by atoms with Gasteiger partial charge in [0.2, 0.25) is 0 Å². The number of carbonyl (C=O) groups excluding carboxylic acids is 1. The van der Waals surface area contributed by atoms with Crippen LogP contribution in [0, 0.1) is 5.92 Å². The summed E-state index contributed by atoms with van der Waals surface area (Å²) in [6.07, 6.45) is 5.61. The number of hydrogen-bond donors (Lipinski definition) is 1. The van der Waals surface area contributed by atoms with Crippen molar-refractivity contribution in [3.05, 3.63) is 71.3 Å². The molecule has 0 saturated heterocycles. The fraction of sp³-hybridized carbons (Fsp3) is 0.286.